The van der Waals surface area contributed by atoms with Crippen LogP contribution in [0.3, 0.4) is 0 Å². The molecule has 1 aliphatic rings. The Morgan fingerprint density at radius 2 is 2.05 bits per heavy atom. The van der Waals surface area contributed by atoms with Crippen LogP contribution in [0.15, 0.2) is 18.5 Å². The first-order chi connectivity index (χ1) is 9.15. The van der Waals surface area contributed by atoms with Crippen LogP contribution in [0.4, 0.5) is 0 Å². The molecule has 0 saturated heterocycles. The third-order valence-corrected chi connectivity index (χ3v) is 3.99. The fourth-order valence-corrected chi connectivity index (χ4v) is 2.77. The average Bonchev–Trinajstić information content (AvgIpc) is 2.81. The lowest BCUT2D eigenvalue weighted by Gasteiger charge is -2.08. The molecule has 0 saturated carbocycles. The summed E-state index contributed by atoms with van der Waals surface area (Å²) < 4.78 is 1.84. The zero-order valence-corrected chi connectivity index (χ0v) is 12.1. The van der Waals surface area contributed by atoms with E-state index in [9.17, 15) is 0 Å². The molecule has 0 atom stereocenters. The minimum atomic E-state index is 0.435. The van der Waals surface area contributed by atoms with Gasteiger partial charge in [-0.25, -0.2) is 9.67 Å². The summed E-state index contributed by atoms with van der Waals surface area (Å²) in [5.74, 6) is 1.17. The van der Waals surface area contributed by atoms with Gasteiger partial charge in [-0.2, -0.15) is 5.10 Å². The lowest BCUT2D eigenvalue weighted by Crippen LogP contribution is -2.02. The van der Waals surface area contributed by atoms with E-state index in [-0.39, 0.29) is 0 Å². The molecule has 0 amide bonds. The normalized spacial score (nSPS) is 14.7. The molecule has 0 N–H and O–H groups in total. The third-order valence-electron chi connectivity index (χ3n) is 3.71. The lowest BCUT2D eigenvalue weighted by atomic mass is 9.99. The highest BCUT2D eigenvalue weighted by Gasteiger charge is 2.16. The topological polar surface area (TPSA) is 30.7 Å². The van der Waals surface area contributed by atoms with Crippen LogP contribution < -0.4 is 0 Å². The van der Waals surface area contributed by atoms with Crippen LogP contribution >= 0.6 is 11.6 Å². The van der Waals surface area contributed by atoms with Crippen LogP contribution in [0.1, 0.15) is 49.4 Å². The van der Waals surface area contributed by atoms with Crippen molar-refractivity contribution in [2.45, 2.75) is 45.4 Å². The number of nitrogens with zero attached hydrogens (tertiary/aromatic N) is 3. The summed E-state index contributed by atoms with van der Waals surface area (Å²) in [7, 11) is 0. The summed E-state index contributed by atoms with van der Waals surface area (Å²) in [5.41, 5.74) is 3.71. The summed E-state index contributed by atoms with van der Waals surface area (Å²) in [6.45, 7) is 4.28. The largest absolute Gasteiger partial charge is 0.236 e. The van der Waals surface area contributed by atoms with Gasteiger partial charge in [-0.1, -0.05) is 25.4 Å². The molecule has 0 unspecified atom stereocenters. The Balaban J connectivity index is 2.00. The van der Waals surface area contributed by atoms with Crippen molar-refractivity contribution in [1.29, 1.82) is 0 Å². The van der Waals surface area contributed by atoms with Crippen molar-refractivity contribution in [2.75, 3.05) is 0 Å². The summed E-state index contributed by atoms with van der Waals surface area (Å²) in [6, 6.07) is 2.00. The molecule has 2 heterocycles. The highest BCUT2D eigenvalue weighted by molar-refractivity contribution is 6.32. The quantitative estimate of drug-likeness (QED) is 0.832. The highest BCUT2D eigenvalue weighted by Crippen LogP contribution is 2.26. The van der Waals surface area contributed by atoms with Gasteiger partial charge in [0.25, 0.3) is 0 Å². The fourth-order valence-electron chi connectivity index (χ4n) is 2.51. The van der Waals surface area contributed by atoms with E-state index in [4.69, 9.17) is 11.6 Å². The maximum atomic E-state index is 6.35. The van der Waals surface area contributed by atoms with Gasteiger partial charge < -0.3 is 0 Å². The van der Waals surface area contributed by atoms with Gasteiger partial charge in [-0.15, -0.1) is 0 Å². The van der Waals surface area contributed by atoms with Crippen molar-refractivity contribution in [1.82, 2.24) is 14.8 Å². The monoisotopic (exact) mass is 275 g/mol. The van der Waals surface area contributed by atoms with Gasteiger partial charge >= 0.3 is 0 Å². The zero-order valence-electron chi connectivity index (χ0n) is 11.4. The Morgan fingerprint density at radius 3 is 2.74 bits per heavy atom. The molecular weight excluding hydrogens is 258 g/mol. The van der Waals surface area contributed by atoms with E-state index in [1.807, 2.05) is 16.9 Å². The van der Waals surface area contributed by atoms with Crippen molar-refractivity contribution in [3.05, 3.63) is 40.3 Å². The smallest absolute Gasteiger partial charge is 0.172 e. The number of aryl methyl sites for hydroxylation is 2. The van der Waals surface area contributed by atoms with E-state index in [0.29, 0.717) is 10.9 Å². The maximum Gasteiger partial charge on any atom is 0.172 e. The Kier molecular flexibility index (Phi) is 3.31. The van der Waals surface area contributed by atoms with E-state index < -0.39 is 0 Å². The molecule has 1 aliphatic carbocycles. The second kappa shape index (κ2) is 4.97. The molecule has 0 aromatic carbocycles. The SMILES string of the molecule is CC(C)c1cnc(-n2cc3c(n2)CCCC3)c(Cl)c1. The van der Waals surface area contributed by atoms with Crippen LogP contribution in [0.5, 0.6) is 0 Å². The first-order valence-electron chi connectivity index (χ1n) is 6.88. The van der Waals surface area contributed by atoms with E-state index in [1.54, 1.807) is 0 Å². The molecule has 3 rings (SSSR count). The van der Waals surface area contributed by atoms with Gasteiger partial charge in [0.2, 0.25) is 0 Å². The van der Waals surface area contributed by atoms with Crippen molar-refractivity contribution in [2.24, 2.45) is 0 Å². The summed E-state index contributed by atoms with van der Waals surface area (Å²) in [6.07, 6.45) is 8.66. The maximum absolute atomic E-state index is 6.35. The molecule has 0 radical (unpaired) electrons. The number of rotatable bonds is 2. The first-order valence-corrected chi connectivity index (χ1v) is 7.26. The van der Waals surface area contributed by atoms with Crippen molar-refractivity contribution < 1.29 is 0 Å². The standard InChI is InChI=1S/C15H18ClN3/c1-10(2)12-7-13(16)15(17-8-12)19-9-11-5-3-4-6-14(11)18-19/h7-10H,3-6H2,1-2H3. The molecule has 0 fully saturated rings. The Labute approximate surface area is 118 Å². The highest BCUT2D eigenvalue weighted by atomic mass is 35.5. The van der Waals surface area contributed by atoms with Crippen molar-refractivity contribution in [3.63, 3.8) is 0 Å². The Morgan fingerprint density at radius 1 is 1.26 bits per heavy atom. The van der Waals surface area contributed by atoms with E-state index in [2.05, 4.69) is 30.1 Å². The summed E-state index contributed by atoms with van der Waals surface area (Å²) in [4.78, 5) is 4.48. The van der Waals surface area contributed by atoms with E-state index in [0.717, 1.165) is 24.2 Å². The molecule has 100 valence electrons. The minimum Gasteiger partial charge on any atom is -0.236 e. The van der Waals surface area contributed by atoms with Crippen LogP contribution in [-0.2, 0) is 12.8 Å². The Bertz CT molecular complexity index is 578. The second-order valence-electron chi connectivity index (χ2n) is 5.48. The van der Waals surface area contributed by atoms with Gasteiger partial charge in [0.15, 0.2) is 5.82 Å². The second-order valence-corrected chi connectivity index (χ2v) is 5.89. The number of fused-ring (bicyclic) bond motifs is 1. The summed E-state index contributed by atoms with van der Waals surface area (Å²) in [5, 5.41) is 5.30. The van der Waals surface area contributed by atoms with Crippen LogP contribution in [0.25, 0.3) is 5.82 Å². The van der Waals surface area contributed by atoms with E-state index >= 15 is 0 Å². The van der Waals surface area contributed by atoms with Gasteiger partial charge in [0.05, 0.1) is 10.7 Å². The molecular formula is C15H18ClN3. The molecule has 0 bridgehead atoms. The van der Waals surface area contributed by atoms with Crippen LogP contribution in [0.2, 0.25) is 5.02 Å². The minimum absolute atomic E-state index is 0.435. The molecule has 0 spiro atoms. The number of hydrogen-bond donors (Lipinski definition) is 0. The van der Waals surface area contributed by atoms with Gasteiger partial charge in [-0.05, 0) is 48.8 Å². The lowest BCUT2D eigenvalue weighted by molar-refractivity contribution is 0.670. The van der Waals surface area contributed by atoms with Crippen molar-refractivity contribution in [3.8, 4) is 5.82 Å². The molecule has 0 aliphatic heterocycles. The van der Waals surface area contributed by atoms with Gasteiger partial charge in [-0.3, -0.25) is 0 Å². The number of hydrogen-bond acceptors (Lipinski definition) is 2. The molecule has 2 aromatic heterocycles. The first kappa shape index (κ1) is 12.7. The van der Waals surface area contributed by atoms with Gasteiger partial charge in [0, 0.05) is 12.4 Å². The number of pyridine rings is 1. The zero-order chi connectivity index (χ0) is 13.4. The molecule has 19 heavy (non-hydrogen) atoms. The average molecular weight is 276 g/mol. The molecule has 3 nitrogen and oxygen atoms in total. The van der Waals surface area contributed by atoms with Crippen LogP contribution in [0, 0.1) is 0 Å². The fraction of sp³-hybridized carbons (Fsp3) is 0.467. The van der Waals surface area contributed by atoms with Gasteiger partial charge in [0.1, 0.15) is 0 Å². The predicted octanol–water partition coefficient (Wildman–Crippen LogP) is 3.92. The van der Waals surface area contributed by atoms with Crippen molar-refractivity contribution >= 4 is 11.6 Å². The summed E-state index contributed by atoms with van der Waals surface area (Å²) >= 11 is 6.35. The Hall–Kier alpha value is -1.35. The molecule has 4 heteroatoms. The molecule has 2 aromatic rings. The number of aromatic nitrogens is 3. The van der Waals surface area contributed by atoms with Crippen LogP contribution in [-0.4, -0.2) is 14.8 Å². The van der Waals surface area contributed by atoms with E-state index in [1.165, 1.54) is 24.1 Å². The predicted molar refractivity (Wildman–Crippen MR) is 77.1 cm³/mol. The third kappa shape index (κ3) is 2.39. The number of halogens is 1.